The molecule has 1 spiro atoms. The highest BCUT2D eigenvalue weighted by Crippen LogP contribution is 2.46. The third kappa shape index (κ3) is 2.03. The largest absolute Gasteiger partial charge is 0.384 e. The molecule has 1 aliphatic carbocycles. The Bertz CT molecular complexity index is 397. The van der Waals surface area contributed by atoms with Crippen molar-refractivity contribution in [3.8, 4) is 0 Å². The lowest BCUT2D eigenvalue weighted by Crippen LogP contribution is -2.41. The van der Waals surface area contributed by atoms with Gasteiger partial charge in [0.25, 0.3) is 0 Å². The summed E-state index contributed by atoms with van der Waals surface area (Å²) in [5.74, 6) is -0.390. The van der Waals surface area contributed by atoms with Crippen LogP contribution in [0, 0.1) is 6.92 Å². The Kier molecular flexibility index (Phi) is 2.78. The van der Waals surface area contributed by atoms with E-state index in [1.165, 1.54) is 4.88 Å². The van der Waals surface area contributed by atoms with E-state index >= 15 is 0 Å². The normalized spacial score (nSPS) is 26.5. The molecular formula is C13H18O3S. The third-order valence-electron chi connectivity index (χ3n) is 3.85. The van der Waals surface area contributed by atoms with Gasteiger partial charge in [0.15, 0.2) is 5.79 Å². The molecule has 2 aliphatic rings. The molecule has 0 bridgehead atoms. The van der Waals surface area contributed by atoms with Gasteiger partial charge < -0.3 is 14.6 Å². The van der Waals surface area contributed by atoms with E-state index in [-0.39, 0.29) is 0 Å². The van der Waals surface area contributed by atoms with Gasteiger partial charge in [0.1, 0.15) is 0 Å². The second-order valence-corrected chi connectivity index (χ2v) is 6.34. The average Bonchev–Trinajstić information content (AvgIpc) is 2.94. The minimum atomic E-state index is -0.667. The first kappa shape index (κ1) is 11.7. The second kappa shape index (κ2) is 4.05. The summed E-state index contributed by atoms with van der Waals surface area (Å²) in [5.41, 5.74) is -0.667. The second-order valence-electron chi connectivity index (χ2n) is 5.05. The molecule has 2 fully saturated rings. The van der Waals surface area contributed by atoms with Crippen molar-refractivity contribution in [1.29, 1.82) is 0 Å². The molecule has 94 valence electrons. The Morgan fingerprint density at radius 1 is 1.12 bits per heavy atom. The van der Waals surface area contributed by atoms with Gasteiger partial charge in [0, 0.05) is 22.6 Å². The van der Waals surface area contributed by atoms with E-state index in [1.807, 2.05) is 6.07 Å². The van der Waals surface area contributed by atoms with Crippen LogP contribution >= 0.6 is 11.3 Å². The number of hydrogen-bond donors (Lipinski definition) is 1. The molecule has 4 heteroatoms. The zero-order valence-corrected chi connectivity index (χ0v) is 10.9. The van der Waals surface area contributed by atoms with E-state index in [4.69, 9.17) is 9.47 Å². The van der Waals surface area contributed by atoms with Crippen LogP contribution in [0.2, 0.25) is 0 Å². The van der Waals surface area contributed by atoms with Gasteiger partial charge >= 0.3 is 0 Å². The van der Waals surface area contributed by atoms with Crippen LogP contribution in [0.15, 0.2) is 12.1 Å². The monoisotopic (exact) mass is 254 g/mol. The Labute approximate surface area is 105 Å². The highest BCUT2D eigenvalue weighted by molar-refractivity contribution is 7.12. The molecule has 3 rings (SSSR count). The van der Waals surface area contributed by atoms with Gasteiger partial charge in [0.05, 0.1) is 18.8 Å². The van der Waals surface area contributed by atoms with Gasteiger partial charge in [-0.3, -0.25) is 0 Å². The van der Waals surface area contributed by atoms with E-state index in [0.29, 0.717) is 13.2 Å². The molecule has 2 heterocycles. The van der Waals surface area contributed by atoms with Gasteiger partial charge in [0.2, 0.25) is 0 Å². The molecule has 0 aromatic carbocycles. The first-order chi connectivity index (χ1) is 8.12. The average molecular weight is 254 g/mol. The minimum absolute atomic E-state index is 0.390. The van der Waals surface area contributed by atoms with Crippen LogP contribution in [0.25, 0.3) is 0 Å². The van der Waals surface area contributed by atoms with Crippen molar-refractivity contribution in [2.45, 2.75) is 44.0 Å². The van der Waals surface area contributed by atoms with E-state index in [0.717, 1.165) is 30.6 Å². The topological polar surface area (TPSA) is 38.7 Å². The molecule has 0 unspecified atom stereocenters. The minimum Gasteiger partial charge on any atom is -0.384 e. The molecule has 1 saturated heterocycles. The Hall–Kier alpha value is -0.420. The Balaban J connectivity index is 1.75. The number of aliphatic hydroxyl groups is 1. The Morgan fingerprint density at radius 3 is 2.29 bits per heavy atom. The van der Waals surface area contributed by atoms with Crippen molar-refractivity contribution < 1.29 is 14.6 Å². The number of rotatable bonds is 1. The van der Waals surface area contributed by atoms with Crippen LogP contribution in [-0.2, 0) is 15.1 Å². The maximum atomic E-state index is 10.7. The fraction of sp³-hybridized carbons (Fsp3) is 0.692. The molecule has 1 aliphatic heterocycles. The first-order valence-corrected chi connectivity index (χ1v) is 7.01. The quantitative estimate of drug-likeness (QED) is 0.837. The number of ether oxygens (including phenoxy) is 2. The summed E-state index contributed by atoms with van der Waals surface area (Å²) < 4.78 is 11.4. The molecule has 17 heavy (non-hydrogen) atoms. The van der Waals surface area contributed by atoms with E-state index in [9.17, 15) is 5.11 Å². The standard InChI is InChI=1S/C13H18O3S/c1-10-2-3-11(17-10)12(14)4-6-13(7-5-12)15-8-9-16-13/h2-3,14H,4-9H2,1H3. The number of thiophene rings is 1. The lowest BCUT2D eigenvalue weighted by atomic mass is 9.80. The maximum Gasteiger partial charge on any atom is 0.168 e. The highest BCUT2D eigenvalue weighted by atomic mass is 32.1. The fourth-order valence-electron chi connectivity index (χ4n) is 2.76. The van der Waals surface area contributed by atoms with Gasteiger partial charge in [-0.1, -0.05) is 0 Å². The van der Waals surface area contributed by atoms with Gasteiger partial charge in [-0.05, 0) is 31.9 Å². The smallest absolute Gasteiger partial charge is 0.168 e. The van der Waals surface area contributed by atoms with Crippen molar-refractivity contribution in [2.24, 2.45) is 0 Å². The van der Waals surface area contributed by atoms with Crippen molar-refractivity contribution in [1.82, 2.24) is 0 Å². The van der Waals surface area contributed by atoms with E-state index in [2.05, 4.69) is 13.0 Å². The fourth-order valence-corrected chi connectivity index (χ4v) is 3.77. The summed E-state index contributed by atoms with van der Waals surface area (Å²) in [6.07, 6.45) is 3.04. The lowest BCUT2D eigenvalue weighted by molar-refractivity contribution is -0.203. The maximum absolute atomic E-state index is 10.7. The summed E-state index contributed by atoms with van der Waals surface area (Å²) in [5, 5.41) is 10.7. The van der Waals surface area contributed by atoms with Gasteiger partial charge in [-0.15, -0.1) is 11.3 Å². The highest BCUT2D eigenvalue weighted by Gasteiger charge is 2.46. The van der Waals surface area contributed by atoms with E-state index in [1.54, 1.807) is 11.3 Å². The van der Waals surface area contributed by atoms with Crippen molar-refractivity contribution >= 4 is 11.3 Å². The predicted molar refractivity (Wildman–Crippen MR) is 66.1 cm³/mol. The summed E-state index contributed by atoms with van der Waals surface area (Å²) >= 11 is 1.69. The zero-order valence-electron chi connectivity index (χ0n) is 10.1. The lowest BCUT2D eigenvalue weighted by Gasteiger charge is -2.40. The van der Waals surface area contributed by atoms with Gasteiger partial charge in [-0.25, -0.2) is 0 Å². The Morgan fingerprint density at radius 2 is 1.76 bits per heavy atom. The van der Waals surface area contributed by atoms with Crippen LogP contribution in [0.1, 0.15) is 35.4 Å². The molecule has 1 saturated carbocycles. The van der Waals surface area contributed by atoms with Gasteiger partial charge in [-0.2, -0.15) is 0 Å². The number of aryl methyl sites for hydroxylation is 1. The summed E-state index contributed by atoms with van der Waals surface area (Å²) in [4.78, 5) is 2.34. The zero-order chi connectivity index (χ0) is 11.9. The predicted octanol–water partition coefficient (Wildman–Crippen LogP) is 2.56. The van der Waals surface area contributed by atoms with Crippen molar-refractivity contribution in [3.05, 3.63) is 21.9 Å². The summed E-state index contributed by atoms with van der Waals surface area (Å²) in [6, 6.07) is 4.12. The summed E-state index contributed by atoms with van der Waals surface area (Å²) in [6.45, 7) is 3.46. The molecule has 1 N–H and O–H groups in total. The molecular weight excluding hydrogens is 236 g/mol. The summed E-state index contributed by atoms with van der Waals surface area (Å²) in [7, 11) is 0. The van der Waals surface area contributed by atoms with Crippen molar-refractivity contribution in [3.63, 3.8) is 0 Å². The van der Waals surface area contributed by atoms with Crippen LogP contribution in [-0.4, -0.2) is 24.1 Å². The molecule has 0 atom stereocenters. The van der Waals surface area contributed by atoms with Crippen LogP contribution < -0.4 is 0 Å². The SMILES string of the molecule is Cc1ccc(C2(O)CCC3(CC2)OCCO3)s1. The van der Waals surface area contributed by atoms with Crippen molar-refractivity contribution in [2.75, 3.05) is 13.2 Å². The van der Waals surface area contributed by atoms with Crippen LogP contribution in [0.5, 0.6) is 0 Å². The van der Waals surface area contributed by atoms with Crippen LogP contribution in [0.3, 0.4) is 0 Å². The first-order valence-electron chi connectivity index (χ1n) is 6.19. The molecule has 0 amide bonds. The molecule has 1 aromatic heterocycles. The van der Waals surface area contributed by atoms with E-state index < -0.39 is 11.4 Å². The third-order valence-corrected chi connectivity index (χ3v) is 5.05. The molecule has 3 nitrogen and oxygen atoms in total. The molecule has 1 aromatic rings. The van der Waals surface area contributed by atoms with Crippen LogP contribution in [0.4, 0.5) is 0 Å². The number of hydrogen-bond acceptors (Lipinski definition) is 4. The molecule has 0 radical (unpaired) electrons.